The Morgan fingerprint density at radius 3 is 2.47 bits per heavy atom. The fourth-order valence-electron chi connectivity index (χ4n) is 6.56. The van der Waals surface area contributed by atoms with Crippen molar-refractivity contribution in [3.8, 4) is 0 Å². The Balaban J connectivity index is 1.71. The highest BCUT2D eigenvalue weighted by Gasteiger charge is 2.66. The Kier molecular flexibility index (Phi) is 6.36. The van der Waals surface area contributed by atoms with E-state index in [0.717, 1.165) is 12.1 Å². The van der Waals surface area contributed by atoms with Crippen molar-refractivity contribution in [1.29, 1.82) is 0 Å². The average molecular weight is 550 g/mol. The van der Waals surface area contributed by atoms with E-state index in [-0.39, 0.29) is 33.3 Å². The summed E-state index contributed by atoms with van der Waals surface area (Å²) in [6.07, 6.45) is 1.07. The van der Waals surface area contributed by atoms with E-state index < -0.39 is 58.3 Å². The quantitative estimate of drug-likeness (QED) is 0.451. The van der Waals surface area contributed by atoms with Crippen molar-refractivity contribution < 1.29 is 27.9 Å². The van der Waals surface area contributed by atoms with E-state index in [1.165, 1.54) is 18.2 Å². The smallest absolute Gasteiger partial charge is 0.238 e. The van der Waals surface area contributed by atoms with Crippen molar-refractivity contribution in [2.75, 3.05) is 5.32 Å². The predicted octanol–water partition coefficient (Wildman–Crippen LogP) is 4.54. The fourth-order valence-corrected chi connectivity index (χ4v) is 6.74. The van der Waals surface area contributed by atoms with Crippen LogP contribution >= 0.6 is 11.6 Å². The second-order valence-corrected chi connectivity index (χ2v) is 12.7. The van der Waals surface area contributed by atoms with Gasteiger partial charge in [0.05, 0.1) is 16.7 Å². The molecule has 1 spiro atoms. The molecule has 204 valence electrons. The third-order valence-corrected chi connectivity index (χ3v) is 8.31. The van der Waals surface area contributed by atoms with Crippen LogP contribution in [0.3, 0.4) is 0 Å². The largest absolute Gasteiger partial charge is 0.390 e. The second kappa shape index (κ2) is 8.96. The van der Waals surface area contributed by atoms with E-state index in [0.29, 0.717) is 19.3 Å². The Bertz CT molecular complexity index is 1320. The van der Waals surface area contributed by atoms with Crippen LogP contribution in [0.5, 0.6) is 0 Å². The molecule has 4 atom stereocenters. The normalized spacial score (nSPS) is 32.2. The Morgan fingerprint density at radius 1 is 1.18 bits per heavy atom. The number of benzene rings is 2. The topological polar surface area (TPSA) is 90.5 Å². The molecule has 0 aromatic heterocycles. The number of hydrogen-bond acceptors (Lipinski definition) is 4. The maximum Gasteiger partial charge on any atom is 0.238 e. The fraction of sp³-hybridized carbons (Fsp3) is 0.500. The third-order valence-electron chi connectivity index (χ3n) is 8.02. The molecule has 1 saturated carbocycles. The molecule has 2 aromatic rings. The molecule has 1 aliphatic carbocycles. The van der Waals surface area contributed by atoms with Crippen molar-refractivity contribution in [1.82, 2.24) is 10.6 Å². The lowest BCUT2D eigenvalue weighted by molar-refractivity contribution is -0.127. The van der Waals surface area contributed by atoms with Crippen LogP contribution in [0, 0.1) is 22.9 Å². The number of fused-ring (bicyclic) bond motifs is 2. The molecule has 38 heavy (non-hydrogen) atoms. The van der Waals surface area contributed by atoms with Gasteiger partial charge in [-0.3, -0.25) is 9.59 Å². The first kappa shape index (κ1) is 27.0. The monoisotopic (exact) mass is 549 g/mol. The van der Waals surface area contributed by atoms with Crippen LogP contribution in [0.1, 0.15) is 64.0 Å². The molecule has 2 aromatic carbocycles. The van der Waals surface area contributed by atoms with Crippen LogP contribution in [-0.4, -0.2) is 40.6 Å². The molecular weight excluding hydrogens is 519 g/mol. The summed E-state index contributed by atoms with van der Waals surface area (Å²) < 4.78 is 44.6. The summed E-state index contributed by atoms with van der Waals surface area (Å²) in [5, 5.41) is 18.8. The molecule has 0 bridgehead atoms. The van der Waals surface area contributed by atoms with Crippen molar-refractivity contribution in [2.24, 2.45) is 5.41 Å². The molecule has 2 fully saturated rings. The summed E-state index contributed by atoms with van der Waals surface area (Å²) in [7, 11) is 0. The van der Waals surface area contributed by atoms with E-state index in [1.54, 1.807) is 6.92 Å². The van der Waals surface area contributed by atoms with Gasteiger partial charge in [0.2, 0.25) is 11.8 Å². The number of carbonyl (C=O) groups is 2. The molecule has 3 aliphatic rings. The summed E-state index contributed by atoms with van der Waals surface area (Å²) in [5.41, 5.74) is -2.62. The molecular formula is C28H31ClF3N3O3. The third kappa shape index (κ3) is 4.28. The molecule has 4 N–H and O–H groups in total. The zero-order chi connectivity index (χ0) is 27.8. The molecule has 10 heteroatoms. The molecule has 2 aliphatic heterocycles. The first-order valence-corrected chi connectivity index (χ1v) is 13.1. The first-order chi connectivity index (χ1) is 17.6. The van der Waals surface area contributed by atoms with Crippen LogP contribution in [0.2, 0.25) is 5.02 Å². The van der Waals surface area contributed by atoms with Gasteiger partial charge in [0, 0.05) is 29.8 Å². The van der Waals surface area contributed by atoms with Gasteiger partial charge < -0.3 is 21.1 Å². The van der Waals surface area contributed by atoms with E-state index in [1.807, 2.05) is 20.8 Å². The average Bonchev–Trinajstić information content (AvgIpc) is 3.24. The highest BCUT2D eigenvalue weighted by Crippen LogP contribution is 2.57. The molecule has 0 radical (unpaired) electrons. The van der Waals surface area contributed by atoms with Crippen molar-refractivity contribution >= 4 is 29.1 Å². The molecule has 1 saturated heterocycles. The first-order valence-electron chi connectivity index (χ1n) is 12.7. The molecule has 0 unspecified atom stereocenters. The Hall–Kier alpha value is -2.62. The predicted molar refractivity (Wildman–Crippen MR) is 137 cm³/mol. The number of hydrogen-bond donors (Lipinski definition) is 4. The highest BCUT2D eigenvalue weighted by atomic mass is 35.5. The number of rotatable bonds is 4. The van der Waals surface area contributed by atoms with Gasteiger partial charge in [-0.15, -0.1) is 0 Å². The maximum absolute atomic E-state index is 15.7. The standard InChI is InChI=1S/C28H31ClF3N3O3/c1-26(2,3)12-20-28(15-8-17(30)18(31)9-19(15)34-25(28)37)21(14-6-5-7-16(29)22(14)32)23(35-20)24(36)33-13-10-27(4,38)11-13/h5-9,13,20-21,23,35,38H,10-12H2,1-4H3,(H,33,36)(H,34,37)/t13?,20-,21+,23-,27?,28+/m1/s1. The second-order valence-electron chi connectivity index (χ2n) is 12.3. The molecule has 2 amide bonds. The zero-order valence-corrected chi connectivity index (χ0v) is 22.3. The van der Waals surface area contributed by atoms with Gasteiger partial charge in [-0.1, -0.05) is 44.5 Å². The van der Waals surface area contributed by atoms with E-state index in [2.05, 4.69) is 16.0 Å². The van der Waals surface area contributed by atoms with Crippen molar-refractivity contribution in [3.05, 3.63) is 63.9 Å². The van der Waals surface area contributed by atoms with Crippen molar-refractivity contribution in [2.45, 2.75) is 82.0 Å². The SMILES string of the molecule is CC(C)(C)C[C@H]1N[C@@H](C(=O)NC2CC(C)(O)C2)[C@H](c2cccc(Cl)c2F)[C@@]12C(=O)Nc1cc(F)c(F)cc12. The lowest BCUT2D eigenvalue weighted by Crippen LogP contribution is -2.57. The number of aliphatic hydroxyl groups is 1. The van der Waals surface area contributed by atoms with Gasteiger partial charge >= 0.3 is 0 Å². The van der Waals surface area contributed by atoms with E-state index in [9.17, 15) is 23.5 Å². The minimum Gasteiger partial charge on any atom is -0.390 e. The number of halogens is 4. The van der Waals surface area contributed by atoms with Gasteiger partial charge in [-0.05, 0) is 54.9 Å². The summed E-state index contributed by atoms with van der Waals surface area (Å²) >= 11 is 6.15. The Morgan fingerprint density at radius 2 is 1.84 bits per heavy atom. The summed E-state index contributed by atoms with van der Waals surface area (Å²) in [4.78, 5) is 27.7. The molecule has 5 rings (SSSR count). The minimum absolute atomic E-state index is 0.0231. The summed E-state index contributed by atoms with van der Waals surface area (Å²) in [5.74, 6) is -5.26. The van der Waals surface area contributed by atoms with Gasteiger partial charge in [-0.2, -0.15) is 0 Å². The lowest BCUT2D eigenvalue weighted by Gasteiger charge is -2.42. The van der Waals surface area contributed by atoms with E-state index in [4.69, 9.17) is 11.6 Å². The van der Waals surface area contributed by atoms with Gasteiger partial charge in [0.25, 0.3) is 0 Å². The number of amides is 2. The maximum atomic E-state index is 15.7. The van der Waals surface area contributed by atoms with Crippen molar-refractivity contribution in [3.63, 3.8) is 0 Å². The van der Waals surface area contributed by atoms with Crippen LogP contribution in [0.4, 0.5) is 18.9 Å². The van der Waals surface area contributed by atoms with Gasteiger partial charge in [-0.25, -0.2) is 13.2 Å². The van der Waals surface area contributed by atoms with Crippen LogP contribution in [0.15, 0.2) is 30.3 Å². The molecule has 6 nitrogen and oxygen atoms in total. The Labute approximate surface area is 224 Å². The number of anilines is 1. The van der Waals surface area contributed by atoms with Crippen LogP contribution in [-0.2, 0) is 15.0 Å². The van der Waals surface area contributed by atoms with Crippen LogP contribution in [0.25, 0.3) is 0 Å². The number of carbonyl (C=O) groups excluding carboxylic acids is 2. The summed E-state index contributed by atoms with van der Waals surface area (Å²) in [6, 6.07) is 4.11. The molecule has 2 heterocycles. The highest BCUT2D eigenvalue weighted by molar-refractivity contribution is 6.30. The van der Waals surface area contributed by atoms with Gasteiger partial charge in [0.15, 0.2) is 11.6 Å². The van der Waals surface area contributed by atoms with Gasteiger partial charge in [0.1, 0.15) is 11.2 Å². The lowest BCUT2D eigenvalue weighted by atomic mass is 9.62. The summed E-state index contributed by atoms with van der Waals surface area (Å²) in [6.45, 7) is 7.55. The number of nitrogens with one attached hydrogen (secondary N) is 3. The zero-order valence-electron chi connectivity index (χ0n) is 21.6. The minimum atomic E-state index is -1.64. The van der Waals surface area contributed by atoms with E-state index >= 15 is 4.39 Å². The van der Waals surface area contributed by atoms with Crippen LogP contribution < -0.4 is 16.0 Å².